The second kappa shape index (κ2) is 9.23. The predicted octanol–water partition coefficient (Wildman–Crippen LogP) is 3.84. The molecule has 0 saturated carbocycles. The van der Waals surface area contributed by atoms with Gasteiger partial charge >= 0.3 is 0 Å². The Labute approximate surface area is 182 Å². The average molecular weight is 450 g/mol. The van der Waals surface area contributed by atoms with E-state index in [2.05, 4.69) is 14.9 Å². The van der Waals surface area contributed by atoms with E-state index in [1.54, 1.807) is 26.0 Å². The van der Waals surface area contributed by atoms with Crippen LogP contribution in [0.15, 0.2) is 42.5 Å². The molecule has 0 bridgehead atoms. The number of ether oxygens (including phenoxy) is 1. The maximum absolute atomic E-state index is 14.7. The van der Waals surface area contributed by atoms with E-state index in [0.717, 1.165) is 5.69 Å². The minimum absolute atomic E-state index is 0.0548. The number of sulfonamides is 1. The molecule has 2 unspecified atom stereocenters. The van der Waals surface area contributed by atoms with Crippen LogP contribution < -0.4 is 14.9 Å². The summed E-state index contributed by atoms with van der Waals surface area (Å²) in [6.45, 7) is 8.44. The molecule has 0 spiro atoms. The molecule has 1 aliphatic rings. The lowest BCUT2D eigenvalue weighted by atomic mass is 10.1. The summed E-state index contributed by atoms with van der Waals surface area (Å²) in [7, 11) is -3.47. The Bertz CT molecular complexity index is 1030. The molecule has 1 fully saturated rings. The van der Waals surface area contributed by atoms with Crippen LogP contribution >= 0.6 is 0 Å². The first-order chi connectivity index (χ1) is 14.5. The summed E-state index contributed by atoms with van der Waals surface area (Å²) in [5, 5.41) is 1.99. The van der Waals surface area contributed by atoms with Crippen molar-refractivity contribution >= 4 is 33.0 Å². The maximum Gasteiger partial charge on any atom is 0.255 e. The molecule has 0 aliphatic carbocycles. The molecule has 2 atom stereocenters. The quantitative estimate of drug-likeness (QED) is 0.700. The molecule has 2 aromatic carbocycles. The lowest BCUT2D eigenvalue weighted by Crippen LogP contribution is -2.45. The van der Waals surface area contributed by atoms with Crippen LogP contribution in [-0.2, 0) is 14.8 Å². The summed E-state index contributed by atoms with van der Waals surface area (Å²) < 4.78 is 46.7. The molecule has 168 valence electrons. The van der Waals surface area contributed by atoms with Crippen molar-refractivity contribution in [3.63, 3.8) is 0 Å². The van der Waals surface area contributed by atoms with Gasteiger partial charge in [0.25, 0.3) is 5.91 Å². The first kappa shape index (κ1) is 23.0. The number of hydrogen-bond donors (Lipinski definition) is 2. The molecule has 1 aliphatic heterocycles. The Morgan fingerprint density at radius 2 is 1.71 bits per heavy atom. The second-order valence-corrected chi connectivity index (χ2v) is 10.3. The normalized spacial score (nSPS) is 19.4. The Morgan fingerprint density at radius 3 is 2.26 bits per heavy atom. The summed E-state index contributed by atoms with van der Waals surface area (Å²) in [6.07, 6.45) is 0.110. The minimum atomic E-state index is -3.47. The van der Waals surface area contributed by atoms with Crippen molar-refractivity contribution in [3.8, 4) is 0 Å². The zero-order valence-electron chi connectivity index (χ0n) is 18.1. The summed E-state index contributed by atoms with van der Waals surface area (Å²) in [5.74, 6) is -1.02. The van der Waals surface area contributed by atoms with Gasteiger partial charge in [-0.3, -0.25) is 9.52 Å². The zero-order valence-corrected chi connectivity index (χ0v) is 18.9. The molecule has 2 aromatic rings. The molecule has 7 nitrogen and oxygen atoms in total. The highest BCUT2D eigenvalue weighted by atomic mass is 32.2. The fourth-order valence-corrected chi connectivity index (χ4v) is 4.06. The fraction of sp³-hybridized carbons (Fsp3) is 0.409. The number of carbonyl (C=O) groups is 1. The topological polar surface area (TPSA) is 87.7 Å². The van der Waals surface area contributed by atoms with Gasteiger partial charge in [0.2, 0.25) is 10.0 Å². The number of nitrogens with one attached hydrogen (secondary N) is 2. The van der Waals surface area contributed by atoms with E-state index in [-0.39, 0.29) is 23.5 Å². The Balaban J connectivity index is 1.68. The number of amides is 1. The average Bonchev–Trinajstić information content (AvgIpc) is 2.69. The highest BCUT2D eigenvalue weighted by molar-refractivity contribution is 7.93. The van der Waals surface area contributed by atoms with E-state index >= 15 is 0 Å². The first-order valence-electron chi connectivity index (χ1n) is 10.2. The SMILES string of the molecule is CC1CN(c2ccc(NC(=O)c3ccc(NS(=O)(=O)C(C)C)cc3)c(F)c2)CC(C)O1. The van der Waals surface area contributed by atoms with Crippen molar-refractivity contribution in [2.75, 3.05) is 28.0 Å². The molecule has 9 heteroatoms. The van der Waals surface area contributed by atoms with Gasteiger partial charge in [0.05, 0.1) is 23.1 Å². The number of hydrogen-bond acceptors (Lipinski definition) is 5. The van der Waals surface area contributed by atoms with E-state index in [1.807, 2.05) is 13.8 Å². The third-order valence-corrected chi connectivity index (χ3v) is 6.77. The van der Waals surface area contributed by atoms with Crippen molar-refractivity contribution in [2.45, 2.75) is 45.2 Å². The van der Waals surface area contributed by atoms with Crippen LogP contribution in [0, 0.1) is 5.82 Å². The minimum Gasteiger partial charge on any atom is -0.372 e. The third kappa shape index (κ3) is 5.74. The van der Waals surface area contributed by atoms with Gasteiger partial charge in [0.1, 0.15) is 5.82 Å². The largest absolute Gasteiger partial charge is 0.372 e. The Morgan fingerprint density at radius 1 is 1.10 bits per heavy atom. The molecule has 1 saturated heterocycles. The summed E-state index contributed by atoms with van der Waals surface area (Å²) in [4.78, 5) is 14.6. The second-order valence-electron chi connectivity index (χ2n) is 8.05. The smallest absolute Gasteiger partial charge is 0.255 e. The number of benzene rings is 2. The lowest BCUT2D eigenvalue weighted by Gasteiger charge is -2.37. The van der Waals surface area contributed by atoms with Gasteiger partial charge in [0, 0.05) is 30.0 Å². The summed E-state index contributed by atoms with van der Waals surface area (Å²) >= 11 is 0. The van der Waals surface area contributed by atoms with Crippen LogP contribution in [0.1, 0.15) is 38.1 Å². The van der Waals surface area contributed by atoms with E-state index in [0.29, 0.717) is 18.8 Å². The van der Waals surface area contributed by atoms with Crippen LogP contribution in [0.2, 0.25) is 0 Å². The van der Waals surface area contributed by atoms with Gasteiger partial charge in [-0.1, -0.05) is 0 Å². The van der Waals surface area contributed by atoms with E-state index in [4.69, 9.17) is 4.74 Å². The van der Waals surface area contributed by atoms with Gasteiger partial charge in [0.15, 0.2) is 0 Å². The maximum atomic E-state index is 14.7. The monoisotopic (exact) mass is 449 g/mol. The standard InChI is InChI=1S/C22H28FN3O4S/c1-14(2)31(28,29)25-18-7-5-17(6-8-18)22(27)24-21-10-9-19(11-20(21)23)26-12-15(3)30-16(4)13-26/h5-11,14-16,25H,12-13H2,1-4H3,(H,24,27). The Kier molecular flexibility index (Phi) is 6.86. The zero-order chi connectivity index (χ0) is 22.8. The van der Waals surface area contributed by atoms with Gasteiger partial charge < -0.3 is 15.0 Å². The molecule has 1 amide bonds. The van der Waals surface area contributed by atoms with Crippen LogP contribution in [0.4, 0.5) is 21.5 Å². The van der Waals surface area contributed by atoms with Crippen molar-refractivity contribution in [3.05, 3.63) is 53.8 Å². The van der Waals surface area contributed by atoms with Crippen LogP contribution in [-0.4, -0.2) is 44.9 Å². The van der Waals surface area contributed by atoms with Gasteiger partial charge in [-0.25, -0.2) is 12.8 Å². The van der Waals surface area contributed by atoms with Crippen molar-refractivity contribution < 1.29 is 22.3 Å². The number of anilines is 3. The van der Waals surface area contributed by atoms with Crippen LogP contribution in [0.5, 0.6) is 0 Å². The highest BCUT2D eigenvalue weighted by Crippen LogP contribution is 2.25. The highest BCUT2D eigenvalue weighted by Gasteiger charge is 2.23. The molecule has 2 N–H and O–H groups in total. The van der Waals surface area contributed by atoms with Crippen molar-refractivity contribution in [1.29, 1.82) is 0 Å². The van der Waals surface area contributed by atoms with E-state index in [1.165, 1.54) is 30.3 Å². The molecule has 0 aromatic heterocycles. The number of nitrogens with zero attached hydrogens (tertiary/aromatic N) is 1. The molecule has 1 heterocycles. The number of carbonyl (C=O) groups excluding carboxylic acids is 1. The Hall–Kier alpha value is -2.65. The fourth-order valence-electron chi connectivity index (χ4n) is 3.36. The summed E-state index contributed by atoms with van der Waals surface area (Å²) in [5.41, 5.74) is 1.45. The van der Waals surface area contributed by atoms with Gasteiger partial charge in [-0.05, 0) is 70.2 Å². The van der Waals surface area contributed by atoms with Gasteiger partial charge in [-0.2, -0.15) is 0 Å². The van der Waals surface area contributed by atoms with Crippen LogP contribution in [0.3, 0.4) is 0 Å². The van der Waals surface area contributed by atoms with Crippen LogP contribution in [0.25, 0.3) is 0 Å². The molecule has 31 heavy (non-hydrogen) atoms. The lowest BCUT2D eigenvalue weighted by molar-refractivity contribution is -0.00523. The number of halogens is 1. The molecule has 3 rings (SSSR count). The molecular weight excluding hydrogens is 421 g/mol. The van der Waals surface area contributed by atoms with Gasteiger partial charge in [-0.15, -0.1) is 0 Å². The predicted molar refractivity (Wildman–Crippen MR) is 121 cm³/mol. The molecule has 0 radical (unpaired) electrons. The van der Waals surface area contributed by atoms with Crippen molar-refractivity contribution in [1.82, 2.24) is 0 Å². The third-order valence-electron chi connectivity index (χ3n) is 5.01. The number of rotatable bonds is 6. The van der Waals surface area contributed by atoms with E-state index in [9.17, 15) is 17.6 Å². The summed E-state index contributed by atoms with van der Waals surface area (Å²) in [6, 6.07) is 10.7. The molecular formula is C22H28FN3O4S. The van der Waals surface area contributed by atoms with E-state index < -0.39 is 27.0 Å². The number of morpholine rings is 1. The first-order valence-corrected chi connectivity index (χ1v) is 11.7. The van der Waals surface area contributed by atoms with Crippen molar-refractivity contribution in [2.24, 2.45) is 0 Å².